The number of amides is 1. The van der Waals surface area contributed by atoms with Crippen molar-refractivity contribution in [3.63, 3.8) is 0 Å². The first kappa shape index (κ1) is 14.5. The van der Waals surface area contributed by atoms with Crippen LogP contribution in [-0.4, -0.2) is 52.2 Å². The van der Waals surface area contributed by atoms with Crippen LogP contribution in [-0.2, 0) is 9.59 Å². The summed E-state index contributed by atoms with van der Waals surface area (Å²) in [5, 5.41) is 32.1. The van der Waals surface area contributed by atoms with Gasteiger partial charge in [0.1, 0.15) is 17.1 Å². The van der Waals surface area contributed by atoms with E-state index in [4.69, 9.17) is 10.4 Å². The Balaban J connectivity index is 1.98. The Morgan fingerprint density at radius 2 is 2.35 bits per heavy atom. The molecule has 0 radical (unpaired) electrons. The normalized spacial score (nSPS) is 22.4. The number of carbonyl (C=O) groups excluding carboxylic acids is 1. The zero-order valence-electron chi connectivity index (χ0n) is 10.4. The minimum Gasteiger partial charge on any atom is -0.480 e. The molecule has 20 heavy (non-hydrogen) atoms. The molecule has 1 aromatic rings. The number of rotatable bonds is 4. The van der Waals surface area contributed by atoms with Gasteiger partial charge < -0.3 is 15.5 Å². The van der Waals surface area contributed by atoms with Gasteiger partial charge in [-0.05, 0) is 11.4 Å². The molecule has 2 heterocycles. The van der Waals surface area contributed by atoms with E-state index in [0.29, 0.717) is 10.6 Å². The highest BCUT2D eigenvalue weighted by atomic mass is 32.1. The van der Waals surface area contributed by atoms with Crippen LogP contribution in [0.3, 0.4) is 0 Å². The fourth-order valence-corrected chi connectivity index (χ4v) is 2.91. The first-order valence-electron chi connectivity index (χ1n) is 5.93. The van der Waals surface area contributed by atoms with Crippen LogP contribution < -0.4 is 5.32 Å². The number of thiophene rings is 1. The maximum atomic E-state index is 11.9. The first-order valence-corrected chi connectivity index (χ1v) is 6.81. The second kappa shape index (κ2) is 6.00. The molecule has 1 saturated heterocycles. The van der Waals surface area contributed by atoms with E-state index < -0.39 is 24.0 Å². The number of hydrogen-bond donors (Lipinski definition) is 3. The van der Waals surface area contributed by atoms with Gasteiger partial charge in [0.2, 0.25) is 5.91 Å². The van der Waals surface area contributed by atoms with E-state index in [9.17, 15) is 14.7 Å². The van der Waals surface area contributed by atoms with Gasteiger partial charge in [0, 0.05) is 13.0 Å². The SMILES string of the molecule is N#Cc1ccsc1NC(=O)CN1CC(O)CC1C(=O)O. The summed E-state index contributed by atoms with van der Waals surface area (Å²) in [7, 11) is 0. The molecule has 0 aromatic carbocycles. The third-order valence-electron chi connectivity index (χ3n) is 3.05. The van der Waals surface area contributed by atoms with E-state index in [1.165, 1.54) is 16.2 Å². The van der Waals surface area contributed by atoms with Gasteiger partial charge in [-0.3, -0.25) is 14.5 Å². The molecule has 1 aromatic heterocycles. The second-order valence-corrected chi connectivity index (χ2v) is 5.41. The van der Waals surface area contributed by atoms with Crippen LogP contribution in [0.1, 0.15) is 12.0 Å². The summed E-state index contributed by atoms with van der Waals surface area (Å²) in [5.74, 6) is -1.45. The lowest BCUT2D eigenvalue weighted by molar-refractivity contribution is -0.142. The van der Waals surface area contributed by atoms with Crippen LogP contribution in [0.25, 0.3) is 0 Å². The first-order chi connectivity index (χ1) is 9.51. The zero-order valence-corrected chi connectivity index (χ0v) is 11.3. The molecule has 1 amide bonds. The molecule has 2 atom stereocenters. The van der Waals surface area contributed by atoms with E-state index in [-0.39, 0.29) is 19.5 Å². The summed E-state index contributed by atoms with van der Waals surface area (Å²) in [6.07, 6.45) is -0.620. The number of β-amino-alcohol motifs (C(OH)–C–C–N with tert-alkyl or cyclic N) is 1. The molecule has 0 spiro atoms. The van der Waals surface area contributed by atoms with Crippen molar-refractivity contribution >= 4 is 28.2 Å². The number of carboxylic acids is 1. The molecule has 8 heteroatoms. The van der Waals surface area contributed by atoms with Gasteiger partial charge in [0.05, 0.1) is 18.2 Å². The van der Waals surface area contributed by atoms with Gasteiger partial charge in [0.25, 0.3) is 0 Å². The van der Waals surface area contributed by atoms with Crippen LogP contribution >= 0.6 is 11.3 Å². The van der Waals surface area contributed by atoms with Crippen LogP contribution in [0.4, 0.5) is 5.00 Å². The lowest BCUT2D eigenvalue weighted by Gasteiger charge is -2.19. The molecule has 3 N–H and O–H groups in total. The monoisotopic (exact) mass is 295 g/mol. The molecular weight excluding hydrogens is 282 g/mol. The number of nitrogens with one attached hydrogen (secondary N) is 1. The number of nitriles is 1. The highest BCUT2D eigenvalue weighted by Crippen LogP contribution is 2.23. The van der Waals surface area contributed by atoms with E-state index >= 15 is 0 Å². The molecule has 1 aliphatic rings. The Morgan fingerprint density at radius 1 is 1.60 bits per heavy atom. The van der Waals surface area contributed by atoms with Gasteiger partial charge in [-0.15, -0.1) is 11.3 Å². The van der Waals surface area contributed by atoms with E-state index in [2.05, 4.69) is 5.32 Å². The Bertz CT molecular complexity index is 565. The predicted molar refractivity (Wildman–Crippen MR) is 71.3 cm³/mol. The topological polar surface area (TPSA) is 114 Å². The summed E-state index contributed by atoms with van der Waals surface area (Å²) in [6.45, 7) is 0.0245. The predicted octanol–water partition coefficient (Wildman–Crippen LogP) is 0.0781. The van der Waals surface area contributed by atoms with Crippen LogP contribution in [0.15, 0.2) is 11.4 Å². The minimum absolute atomic E-state index is 0.116. The maximum absolute atomic E-state index is 11.9. The van der Waals surface area contributed by atoms with Crippen molar-refractivity contribution in [3.8, 4) is 6.07 Å². The average molecular weight is 295 g/mol. The number of hydrogen-bond acceptors (Lipinski definition) is 6. The average Bonchev–Trinajstić information content (AvgIpc) is 2.95. The molecule has 7 nitrogen and oxygen atoms in total. The third-order valence-corrected chi connectivity index (χ3v) is 3.88. The van der Waals surface area contributed by atoms with Gasteiger partial charge in [-0.2, -0.15) is 5.26 Å². The smallest absolute Gasteiger partial charge is 0.321 e. The van der Waals surface area contributed by atoms with Crippen LogP contribution in [0, 0.1) is 11.3 Å². The van der Waals surface area contributed by atoms with Crippen molar-refractivity contribution < 1.29 is 19.8 Å². The van der Waals surface area contributed by atoms with Crippen LogP contribution in [0.5, 0.6) is 0 Å². The molecule has 0 bridgehead atoms. The standard InChI is InChI=1S/C12H13N3O4S/c13-4-7-1-2-20-11(7)14-10(17)6-15-5-8(16)3-9(15)12(18)19/h1-2,8-9,16H,3,5-6H2,(H,14,17)(H,18,19). The van der Waals surface area contributed by atoms with Gasteiger partial charge in [0.15, 0.2) is 0 Å². The Kier molecular flexibility index (Phi) is 4.34. The third kappa shape index (κ3) is 3.14. The lowest BCUT2D eigenvalue weighted by atomic mass is 10.2. The van der Waals surface area contributed by atoms with Gasteiger partial charge >= 0.3 is 5.97 Å². The number of likely N-dealkylation sites (tertiary alicyclic amines) is 1. The Labute approximate surface area is 119 Å². The van der Waals surface area contributed by atoms with E-state index in [1.807, 2.05) is 6.07 Å². The molecule has 1 aliphatic heterocycles. The summed E-state index contributed by atoms with van der Waals surface area (Å²) >= 11 is 1.23. The number of aliphatic carboxylic acids is 1. The minimum atomic E-state index is -1.05. The lowest BCUT2D eigenvalue weighted by Crippen LogP contribution is -2.41. The highest BCUT2D eigenvalue weighted by Gasteiger charge is 2.36. The number of nitrogens with zero attached hydrogens (tertiary/aromatic N) is 2. The summed E-state index contributed by atoms with van der Waals surface area (Å²) in [5.41, 5.74) is 0.375. The number of carboxylic acid groups (broad SMARTS) is 1. The fourth-order valence-electron chi connectivity index (χ4n) is 2.16. The summed E-state index contributed by atoms with van der Waals surface area (Å²) in [4.78, 5) is 24.3. The van der Waals surface area contributed by atoms with Crippen molar-refractivity contribution in [3.05, 3.63) is 17.0 Å². The van der Waals surface area contributed by atoms with Crippen molar-refractivity contribution in [2.45, 2.75) is 18.6 Å². The number of aliphatic hydroxyl groups is 1. The summed E-state index contributed by atoms with van der Waals surface area (Å²) in [6, 6.07) is 2.70. The molecule has 1 fully saturated rings. The van der Waals surface area contributed by atoms with E-state index in [1.54, 1.807) is 11.4 Å². The molecule has 106 valence electrons. The number of carbonyl (C=O) groups is 2. The van der Waals surface area contributed by atoms with Crippen LogP contribution in [0.2, 0.25) is 0 Å². The molecule has 2 unspecified atom stereocenters. The number of aliphatic hydroxyl groups excluding tert-OH is 1. The van der Waals surface area contributed by atoms with Crippen molar-refractivity contribution in [2.75, 3.05) is 18.4 Å². The van der Waals surface area contributed by atoms with Crippen molar-refractivity contribution in [1.82, 2.24) is 4.90 Å². The maximum Gasteiger partial charge on any atom is 0.321 e. The van der Waals surface area contributed by atoms with E-state index in [0.717, 1.165) is 0 Å². The van der Waals surface area contributed by atoms with Gasteiger partial charge in [-0.1, -0.05) is 0 Å². The largest absolute Gasteiger partial charge is 0.480 e. The molecule has 2 rings (SSSR count). The van der Waals surface area contributed by atoms with Gasteiger partial charge in [-0.25, -0.2) is 0 Å². The second-order valence-electron chi connectivity index (χ2n) is 4.50. The molecular formula is C12H13N3O4S. The molecule has 0 aliphatic carbocycles. The van der Waals surface area contributed by atoms with Crippen molar-refractivity contribution in [1.29, 1.82) is 5.26 Å². The summed E-state index contributed by atoms with van der Waals surface area (Å²) < 4.78 is 0. The Hall–Kier alpha value is -1.95. The fraction of sp³-hybridized carbons (Fsp3) is 0.417. The highest BCUT2D eigenvalue weighted by molar-refractivity contribution is 7.14. The zero-order chi connectivity index (χ0) is 14.7. The van der Waals surface area contributed by atoms with Crippen molar-refractivity contribution in [2.24, 2.45) is 0 Å². The molecule has 0 saturated carbocycles. The Morgan fingerprint density at radius 3 is 3.00 bits per heavy atom. The number of anilines is 1. The quantitative estimate of drug-likeness (QED) is 0.725.